The van der Waals surface area contributed by atoms with E-state index in [4.69, 9.17) is 5.11 Å². The van der Waals surface area contributed by atoms with E-state index in [0.717, 1.165) is 0 Å². The molecule has 0 spiro atoms. The summed E-state index contributed by atoms with van der Waals surface area (Å²) in [6.07, 6.45) is 0. The highest BCUT2D eigenvalue weighted by Crippen LogP contribution is 2.17. The molecule has 0 saturated carbocycles. The third-order valence-electron chi connectivity index (χ3n) is 1.74. The van der Waals surface area contributed by atoms with E-state index in [1.54, 1.807) is 19.1 Å². The van der Waals surface area contributed by atoms with Gasteiger partial charge in [0.05, 0.1) is 11.5 Å². The molecule has 5 heteroatoms. The zero-order chi connectivity index (χ0) is 10.6. The number of aliphatic hydroxyl groups is 1. The van der Waals surface area contributed by atoms with Gasteiger partial charge in [-0.25, -0.2) is 0 Å². The van der Waals surface area contributed by atoms with Crippen LogP contribution in [0.3, 0.4) is 0 Å². The number of rotatable bonds is 4. The molecule has 2 N–H and O–H groups in total. The molecular weight excluding hydrogens is 184 g/mol. The van der Waals surface area contributed by atoms with Crippen molar-refractivity contribution in [3.8, 4) is 0 Å². The largest absolute Gasteiger partial charge is 0.394 e. The monoisotopic (exact) mass is 196 g/mol. The van der Waals surface area contributed by atoms with Gasteiger partial charge in [0, 0.05) is 23.9 Å². The molecule has 0 amide bonds. The molecule has 1 atom stereocenters. The van der Waals surface area contributed by atoms with Gasteiger partial charge < -0.3 is 10.4 Å². The number of non-ortho nitro benzene ring substituents is 1. The number of nitrogens with one attached hydrogen (secondary N) is 1. The summed E-state index contributed by atoms with van der Waals surface area (Å²) in [5, 5.41) is 22.1. The van der Waals surface area contributed by atoms with Gasteiger partial charge >= 0.3 is 0 Å². The Morgan fingerprint density at radius 2 is 2.36 bits per heavy atom. The Hall–Kier alpha value is -1.62. The summed E-state index contributed by atoms with van der Waals surface area (Å²) in [5.74, 6) is 0. The Balaban J connectivity index is 2.78. The maximum atomic E-state index is 10.4. The first-order chi connectivity index (χ1) is 6.63. The SMILES string of the molecule is CC(CO)Nc1cccc([N+](=O)[O-])c1. The summed E-state index contributed by atoms with van der Waals surface area (Å²) in [5.41, 5.74) is 0.681. The van der Waals surface area contributed by atoms with Gasteiger partial charge in [-0.2, -0.15) is 0 Å². The smallest absolute Gasteiger partial charge is 0.271 e. The summed E-state index contributed by atoms with van der Waals surface area (Å²) < 4.78 is 0. The standard InChI is InChI=1S/C9H12N2O3/c1-7(6-12)10-8-3-2-4-9(5-8)11(13)14/h2-5,7,10,12H,6H2,1H3. The van der Waals surface area contributed by atoms with Crippen molar-refractivity contribution in [1.29, 1.82) is 0 Å². The Morgan fingerprint density at radius 1 is 1.64 bits per heavy atom. The quantitative estimate of drug-likeness (QED) is 0.563. The molecule has 0 fully saturated rings. The molecule has 14 heavy (non-hydrogen) atoms. The second-order valence-corrected chi connectivity index (χ2v) is 3.04. The number of aliphatic hydroxyl groups excluding tert-OH is 1. The van der Waals surface area contributed by atoms with E-state index < -0.39 is 4.92 Å². The highest BCUT2D eigenvalue weighted by Gasteiger charge is 2.06. The van der Waals surface area contributed by atoms with E-state index >= 15 is 0 Å². The molecular formula is C9H12N2O3. The van der Waals surface area contributed by atoms with Crippen LogP contribution in [0.25, 0.3) is 0 Å². The number of nitro benzene ring substituents is 1. The van der Waals surface area contributed by atoms with Gasteiger partial charge in [-0.1, -0.05) is 6.07 Å². The van der Waals surface area contributed by atoms with Crippen molar-refractivity contribution in [1.82, 2.24) is 0 Å². The molecule has 1 rings (SSSR count). The first-order valence-corrected chi connectivity index (χ1v) is 4.25. The maximum absolute atomic E-state index is 10.4. The molecule has 0 aliphatic heterocycles. The van der Waals surface area contributed by atoms with E-state index in [1.165, 1.54) is 12.1 Å². The van der Waals surface area contributed by atoms with Gasteiger partial charge in [0.1, 0.15) is 0 Å². The zero-order valence-corrected chi connectivity index (χ0v) is 7.80. The Kier molecular flexibility index (Phi) is 3.41. The van der Waals surface area contributed by atoms with Crippen molar-refractivity contribution in [2.24, 2.45) is 0 Å². The fourth-order valence-corrected chi connectivity index (χ4v) is 1.04. The average Bonchev–Trinajstić information content (AvgIpc) is 2.18. The molecule has 1 aromatic carbocycles. The topological polar surface area (TPSA) is 75.4 Å². The number of hydrogen-bond acceptors (Lipinski definition) is 4. The first kappa shape index (κ1) is 10.5. The van der Waals surface area contributed by atoms with Gasteiger partial charge in [-0.3, -0.25) is 10.1 Å². The molecule has 76 valence electrons. The molecule has 1 unspecified atom stereocenters. The highest BCUT2D eigenvalue weighted by atomic mass is 16.6. The number of nitro groups is 1. The summed E-state index contributed by atoms with van der Waals surface area (Å²) >= 11 is 0. The van der Waals surface area contributed by atoms with Crippen LogP contribution >= 0.6 is 0 Å². The van der Waals surface area contributed by atoms with Crippen molar-refractivity contribution < 1.29 is 10.0 Å². The van der Waals surface area contributed by atoms with Crippen LogP contribution in [0.15, 0.2) is 24.3 Å². The number of benzene rings is 1. The van der Waals surface area contributed by atoms with Gasteiger partial charge in [-0.15, -0.1) is 0 Å². The Morgan fingerprint density at radius 3 is 2.93 bits per heavy atom. The fourth-order valence-electron chi connectivity index (χ4n) is 1.04. The van der Waals surface area contributed by atoms with Crippen molar-refractivity contribution in [3.63, 3.8) is 0 Å². The summed E-state index contributed by atoms with van der Waals surface area (Å²) in [4.78, 5) is 9.99. The number of anilines is 1. The Bertz CT molecular complexity index is 328. The molecule has 0 aromatic heterocycles. The molecule has 1 aromatic rings. The van der Waals surface area contributed by atoms with E-state index in [9.17, 15) is 10.1 Å². The lowest BCUT2D eigenvalue weighted by Crippen LogP contribution is -2.19. The number of nitrogens with zero attached hydrogens (tertiary/aromatic N) is 1. The summed E-state index contributed by atoms with van der Waals surface area (Å²) in [6.45, 7) is 1.78. The molecule has 0 aliphatic rings. The van der Waals surface area contributed by atoms with Crippen LogP contribution in [0.1, 0.15) is 6.92 Å². The van der Waals surface area contributed by atoms with Crippen molar-refractivity contribution in [2.75, 3.05) is 11.9 Å². The minimum atomic E-state index is -0.450. The van der Waals surface area contributed by atoms with Crippen LogP contribution in [0.2, 0.25) is 0 Å². The molecule has 0 radical (unpaired) electrons. The Labute approximate surface area is 81.5 Å². The predicted octanol–water partition coefficient (Wildman–Crippen LogP) is 1.39. The second-order valence-electron chi connectivity index (χ2n) is 3.04. The zero-order valence-electron chi connectivity index (χ0n) is 7.80. The third kappa shape index (κ3) is 2.70. The summed E-state index contributed by atoms with van der Waals surface area (Å²) in [7, 11) is 0. The fraction of sp³-hybridized carbons (Fsp3) is 0.333. The van der Waals surface area contributed by atoms with Crippen LogP contribution in [0.5, 0.6) is 0 Å². The molecule has 0 saturated heterocycles. The molecule has 0 bridgehead atoms. The minimum Gasteiger partial charge on any atom is -0.394 e. The van der Waals surface area contributed by atoms with Crippen molar-refractivity contribution in [3.05, 3.63) is 34.4 Å². The van der Waals surface area contributed by atoms with Crippen molar-refractivity contribution >= 4 is 11.4 Å². The van der Waals surface area contributed by atoms with Crippen LogP contribution in [-0.2, 0) is 0 Å². The van der Waals surface area contributed by atoms with Gasteiger partial charge in [-0.05, 0) is 13.0 Å². The molecule has 5 nitrogen and oxygen atoms in total. The summed E-state index contributed by atoms with van der Waals surface area (Å²) in [6, 6.07) is 6.07. The predicted molar refractivity (Wildman–Crippen MR) is 53.3 cm³/mol. The van der Waals surface area contributed by atoms with Crippen LogP contribution < -0.4 is 5.32 Å². The normalized spacial score (nSPS) is 12.1. The average molecular weight is 196 g/mol. The molecule has 0 heterocycles. The first-order valence-electron chi connectivity index (χ1n) is 4.25. The lowest BCUT2D eigenvalue weighted by molar-refractivity contribution is -0.384. The third-order valence-corrected chi connectivity index (χ3v) is 1.74. The van der Waals surface area contributed by atoms with E-state index in [0.29, 0.717) is 5.69 Å². The minimum absolute atomic E-state index is 0.0112. The van der Waals surface area contributed by atoms with Crippen molar-refractivity contribution in [2.45, 2.75) is 13.0 Å². The van der Waals surface area contributed by atoms with E-state index in [-0.39, 0.29) is 18.3 Å². The van der Waals surface area contributed by atoms with Crippen LogP contribution in [0.4, 0.5) is 11.4 Å². The van der Waals surface area contributed by atoms with E-state index in [1.807, 2.05) is 0 Å². The van der Waals surface area contributed by atoms with Gasteiger partial charge in [0.25, 0.3) is 5.69 Å². The lowest BCUT2D eigenvalue weighted by atomic mass is 10.2. The van der Waals surface area contributed by atoms with Crippen LogP contribution in [0, 0.1) is 10.1 Å². The lowest BCUT2D eigenvalue weighted by Gasteiger charge is -2.11. The maximum Gasteiger partial charge on any atom is 0.271 e. The van der Waals surface area contributed by atoms with Gasteiger partial charge in [0.2, 0.25) is 0 Å². The number of hydrogen-bond donors (Lipinski definition) is 2. The van der Waals surface area contributed by atoms with Gasteiger partial charge in [0.15, 0.2) is 0 Å². The van der Waals surface area contributed by atoms with E-state index in [2.05, 4.69) is 5.32 Å². The highest BCUT2D eigenvalue weighted by molar-refractivity contribution is 5.51. The van der Waals surface area contributed by atoms with Crippen LogP contribution in [-0.4, -0.2) is 22.7 Å². The second kappa shape index (κ2) is 4.57. The molecule has 0 aliphatic carbocycles.